The van der Waals surface area contributed by atoms with Crippen LogP contribution in [0.2, 0.25) is 0 Å². The zero-order valence-electron chi connectivity index (χ0n) is 13.6. The summed E-state index contributed by atoms with van der Waals surface area (Å²) in [6.45, 7) is 7.77. The summed E-state index contributed by atoms with van der Waals surface area (Å²) in [5, 5.41) is 10.2. The van der Waals surface area contributed by atoms with E-state index < -0.39 is 10.0 Å². The first-order valence-corrected chi connectivity index (χ1v) is 9.16. The number of aromatic nitrogens is 2. The van der Waals surface area contributed by atoms with Gasteiger partial charge in [-0.05, 0) is 23.1 Å². The lowest BCUT2D eigenvalue weighted by Gasteiger charge is -2.19. The van der Waals surface area contributed by atoms with E-state index in [0.29, 0.717) is 12.4 Å². The van der Waals surface area contributed by atoms with E-state index in [1.807, 2.05) is 12.1 Å². The number of hydrogen-bond acceptors (Lipinski definition) is 4. The summed E-state index contributed by atoms with van der Waals surface area (Å²) in [7, 11) is -3.64. The highest BCUT2D eigenvalue weighted by Crippen LogP contribution is 2.25. The topological polar surface area (TPSA) is 86.9 Å². The van der Waals surface area contributed by atoms with Crippen LogP contribution in [0.5, 0.6) is 0 Å². The third-order valence-corrected chi connectivity index (χ3v) is 5.42. The van der Waals surface area contributed by atoms with Crippen LogP contribution in [0.15, 0.2) is 29.2 Å². The van der Waals surface area contributed by atoms with Crippen LogP contribution < -0.4 is 10.0 Å². The molecule has 2 heterocycles. The van der Waals surface area contributed by atoms with Crippen LogP contribution in [-0.2, 0) is 28.4 Å². The van der Waals surface area contributed by atoms with Crippen LogP contribution in [0, 0.1) is 0 Å². The third kappa shape index (κ3) is 3.25. The molecule has 0 amide bonds. The fraction of sp³-hybridized carbons (Fsp3) is 0.438. The maximum Gasteiger partial charge on any atom is 0.263 e. The lowest BCUT2D eigenvalue weighted by molar-refractivity contribution is 0.587. The van der Waals surface area contributed by atoms with Gasteiger partial charge < -0.3 is 5.32 Å². The first kappa shape index (κ1) is 16.0. The molecule has 0 saturated carbocycles. The van der Waals surface area contributed by atoms with Gasteiger partial charge in [0.2, 0.25) is 0 Å². The molecule has 0 radical (unpaired) electrons. The third-order valence-electron chi connectivity index (χ3n) is 4.07. The van der Waals surface area contributed by atoms with Gasteiger partial charge in [0.1, 0.15) is 0 Å². The number of aromatic amines is 1. The summed E-state index contributed by atoms with van der Waals surface area (Å²) in [5.74, 6) is 0.382. The summed E-state index contributed by atoms with van der Waals surface area (Å²) in [5.41, 5.74) is 2.97. The van der Waals surface area contributed by atoms with Crippen molar-refractivity contribution in [3.05, 3.63) is 41.1 Å². The quantitative estimate of drug-likeness (QED) is 0.803. The number of rotatable bonds is 3. The Balaban J connectivity index is 1.86. The Morgan fingerprint density at radius 3 is 2.52 bits per heavy atom. The van der Waals surface area contributed by atoms with E-state index in [0.717, 1.165) is 29.8 Å². The number of anilines is 1. The predicted molar refractivity (Wildman–Crippen MR) is 89.9 cm³/mol. The van der Waals surface area contributed by atoms with Gasteiger partial charge >= 0.3 is 0 Å². The molecule has 0 aliphatic carbocycles. The van der Waals surface area contributed by atoms with Crippen LogP contribution in [0.25, 0.3) is 0 Å². The average molecular weight is 334 g/mol. The van der Waals surface area contributed by atoms with Crippen LogP contribution in [-0.4, -0.2) is 25.2 Å². The SMILES string of the molecule is CC(C)(C)c1ccc(S(=O)(=O)Nc2n[nH]c3c2CNCC3)cc1. The molecule has 0 spiro atoms. The van der Waals surface area contributed by atoms with Gasteiger partial charge in [0.15, 0.2) is 5.82 Å². The zero-order chi connectivity index (χ0) is 16.7. The van der Waals surface area contributed by atoms with E-state index >= 15 is 0 Å². The molecule has 1 aromatic carbocycles. The molecule has 23 heavy (non-hydrogen) atoms. The van der Waals surface area contributed by atoms with E-state index in [1.54, 1.807) is 12.1 Å². The van der Waals surface area contributed by atoms with Gasteiger partial charge in [0.25, 0.3) is 10.0 Å². The van der Waals surface area contributed by atoms with Crippen molar-refractivity contribution in [3.8, 4) is 0 Å². The normalized spacial score (nSPS) is 15.3. The number of nitrogens with zero attached hydrogens (tertiary/aromatic N) is 1. The van der Waals surface area contributed by atoms with Crippen LogP contribution in [0.4, 0.5) is 5.82 Å². The Morgan fingerprint density at radius 1 is 1.17 bits per heavy atom. The summed E-state index contributed by atoms with van der Waals surface area (Å²) < 4.78 is 27.7. The maximum absolute atomic E-state index is 12.6. The Morgan fingerprint density at radius 2 is 1.87 bits per heavy atom. The molecule has 3 rings (SSSR count). The van der Waals surface area contributed by atoms with Crippen molar-refractivity contribution in [1.82, 2.24) is 15.5 Å². The monoisotopic (exact) mass is 334 g/mol. The van der Waals surface area contributed by atoms with Crippen LogP contribution in [0.3, 0.4) is 0 Å². The standard InChI is InChI=1S/C16H22N4O2S/c1-16(2,3)11-4-6-12(7-5-11)23(21,22)20-15-13-10-17-9-8-14(13)18-19-15/h4-7,17H,8-10H2,1-3H3,(H2,18,19,20). The second kappa shape index (κ2) is 5.65. The minimum absolute atomic E-state index is 0.0113. The largest absolute Gasteiger partial charge is 0.312 e. The highest BCUT2D eigenvalue weighted by atomic mass is 32.2. The second-order valence-electron chi connectivity index (χ2n) is 6.84. The number of sulfonamides is 1. The van der Waals surface area contributed by atoms with Gasteiger partial charge in [-0.15, -0.1) is 0 Å². The van der Waals surface area contributed by atoms with E-state index in [1.165, 1.54) is 0 Å². The molecule has 0 atom stereocenters. The summed E-state index contributed by atoms with van der Waals surface area (Å²) in [4.78, 5) is 0.242. The van der Waals surface area contributed by atoms with Gasteiger partial charge in [-0.1, -0.05) is 32.9 Å². The first-order valence-electron chi connectivity index (χ1n) is 7.67. The molecule has 124 valence electrons. The van der Waals surface area contributed by atoms with Crippen molar-refractivity contribution in [2.24, 2.45) is 0 Å². The van der Waals surface area contributed by atoms with Crippen LogP contribution >= 0.6 is 0 Å². The van der Waals surface area contributed by atoms with Gasteiger partial charge in [-0.2, -0.15) is 5.10 Å². The summed E-state index contributed by atoms with van der Waals surface area (Å²) in [6, 6.07) is 6.99. The van der Waals surface area contributed by atoms with Crippen molar-refractivity contribution < 1.29 is 8.42 Å². The van der Waals surface area contributed by atoms with Crippen LogP contribution in [0.1, 0.15) is 37.6 Å². The number of nitrogens with one attached hydrogen (secondary N) is 3. The van der Waals surface area contributed by atoms with Gasteiger partial charge in [-0.25, -0.2) is 8.42 Å². The Labute approximate surface area is 136 Å². The number of fused-ring (bicyclic) bond motifs is 1. The van der Waals surface area contributed by atoms with E-state index in [4.69, 9.17) is 0 Å². The van der Waals surface area contributed by atoms with E-state index in [2.05, 4.69) is 41.0 Å². The highest BCUT2D eigenvalue weighted by molar-refractivity contribution is 7.92. The predicted octanol–water partition coefficient (Wildman–Crippen LogP) is 2.15. The molecule has 0 unspecified atom stereocenters. The fourth-order valence-electron chi connectivity index (χ4n) is 2.63. The molecular weight excluding hydrogens is 312 g/mol. The molecule has 7 heteroatoms. The molecule has 1 aliphatic heterocycles. The molecule has 1 aromatic heterocycles. The molecular formula is C16H22N4O2S. The number of hydrogen-bond donors (Lipinski definition) is 3. The first-order chi connectivity index (χ1) is 10.8. The molecule has 2 aromatic rings. The average Bonchev–Trinajstić information content (AvgIpc) is 2.89. The van der Waals surface area contributed by atoms with Gasteiger partial charge in [-0.3, -0.25) is 9.82 Å². The van der Waals surface area contributed by atoms with E-state index in [9.17, 15) is 8.42 Å². The Bertz CT molecular complexity index is 802. The fourth-order valence-corrected chi connectivity index (χ4v) is 3.67. The number of H-pyrrole nitrogens is 1. The Kier molecular flexibility index (Phi) is 3.93. The highest BCUT2D eigenvalue weighted by Gasteiger charge is 2.22. The molecule has 0 bridgehead atoms. The molecule has 0 saturated heterocycles. The zero-order valence-corrected chi connectivity index (χ0v) is 14.4. The number of benzene rings is 1. The maximum atomic E-state index is 12.6. The van der Waals surface area contributed by atoms with Crippen molar-refractivity contribution >= 4 is 15.8 Å². The summed E-state index contributed by atoms with van der Waals surface area (Å²) >= 11 is 0. The lowest BCUT2D eigenvalue weighted by Crippen LogP contribution is -2.24. The van der Waals surface area contributed by atoms with Crippen molar-refractivity contribution in [3.63, 3.8) is 0 Å². The smallest absolute Gasteiger partial charge is 0.263 e. The molecule has 6 nitrogen and oxygen atoms in total. The second-order valence-corrected chi connectivity index (χ2v) is 8.52. The minimum Gasteiger partial charge on any atom is -0.312 e. The van der Waals surface area contributed by atoms with Crippen molar-refractivity contribution in [2.75, 3.05) is 11.3 Å². The molecule has 1 aliphatic rings. The lowest BCUT2D eigenvalue weighted by atomic mass is 9.87. The molecule has 3 N–H and O–H groups in total. The van der Waals surface area contributed by atoms with Gasteiger partial charge in [0, 0.05) is 30.8 Å². The van der Waals surface area contributed by atoms with Crippen molar-refractivity contribution in [2.45, 2.75) is 44.0 Å². The molecule has 0 fully saturated rings. The minimum atomic E-state index is -3.64. The van der Waals surface area contributed by atoms with E-state index in [-0.39, 0.29) is 10.3 Å². The van der Waals surface area contributed by atoms with Crippen molar-refractivity contribution in [1.29, 1.82) is 0 Å². The Hall–Kier alpha value is -1.86. The summed E-state index contributed by atoms with van der Waals surface area (Å²) in [6.07, 6.45) is 0.824. The van der Waals surface area contributed by atoms with Gasteiger partial charge in [0.05, 0.1) is 4.90 Å².